The Labute approximate surface area is 116 Å². The zero-order valence-corrected chi connectivity index (χ0v) is 11.1. The highest BCUT2D eigenvalue weighted by Crippen LogP contribution is 2.16. The Balaban J connectivity index is 1.98. The third-order valence-electron chi connectivity index (χ3n) is 3.48. The van der Waals surface area contributed by atoms with Crippen LogP contribution in [0.4, 0.5) is 4.39 Å². The molecule has 0 saturated carbocycles. The fourth-order valence-electron chi connectivity index (χ4n) is 2.18. The maximum Gasteiger partial charge on any atom is 0.251 e. The molecule has 0 aliphatic carbocycles. The van der Waals surface area contributed by atoms with Crippen LogP contribution >= 0.6 is 0 Å². The van der Waals surface area contributed by atoms with Gasteiger partial charge in [0.05, 0.1) is 11.8 Å². The average molecular weight is 279 g/mol. The summed E-state index contributed by atoms with van der Waals surface area (Å²) in [5.41, 5.74) is 5.50. The second kappa shape index (κ2) is 6.47. The summed E-state index contributed by atoms with van der Waals surface area (Å²) >= 11 is 0. The largest absolute Gasteiger partial charge is 0.396 e. The van der Waals surface area contributed by atoms with Gasteiger partial charge in [-0.05, 0) is 36.5 Å². The number of aliphatic hydroxyl groups is 1. The van der Waals surface area contributed by atoms with Gasteiger partial charge < -0.3 is 10.8 Å². The number of hydrogen-bond donors (Lipinski definition) is 2. The highest BCUT2D eigenvalue weighted by atomic mass is 19.1. The van der Waals surface area contributed by atoms with E-state index >= 15 is 0 Å². The molecule has 0 radical (unpaired) electrons. The number of halogens is 1. The summed E-state index contributed by atoms with van der Waals surface area (Å²) in [6.07, 6.45) is 3.37. The summed E-state index contributed by atoms with van der Waals surface area (Å²) in [6.45, 7) is 1.78. The molecular formula is C14H18FN3O2. The number of amides is 1. The maximum absolute atomic E-state index is 13.6. The van der Waals surface area contributed by atoms with Crippen LogP contribution in [-0.2, 0) is 0 Å². The minimum Gasteiger partial charge on any atom is -0.396 e. The van der Waals surface area contributed by atoms with Crippen LogP contribution in [0, 0.1) is 11.7 Å². The van der Waals surface area contributed by atoms with Crippen molar-refractivity contribution in [1.29, 1.82) is 0 Å². The highest BCUT2D eigenvalue weighted by Gasteiger charge is 2.16. The molecule has 1 aliphatic rings. The molecule has 1 aromatic rings. The van der Waals surface area contributed by atoms with Crippen molar-refractivity contribution in [3.8, 4) is 0 Å². The first kappa shape index (κ1) is 14.5. The SMILES string of the molecule is NC(=O)c1ccc(C=NN2CCC(CO)CC2)cc1F. The van der Waals surface area contributed by atoms with Gasteiger partial charge in [-0.2, -0.15) is 5.10 Å². The van der Waals surface area contributed by atoms with Crippen molar-refractivity contribution in [2.24, 2.45) is 16.8 Å². The molecule has 0 unspecified atom stereocenters. The van der Waals surface area contributed by atoms with Crippen LogP contribution in [0.1, 0.15) is 28.8 Å². The Morgan fingerprint density at radius 1 is 1.50 bits per heavy atom. The maximum atomic E-state index is 13.6. The Bertz CT molecular complexity index is 511. The number of hydrogen-bond acceptors (Lipinski definition) is 4. The second-order valence-electron chi connectivity index (χ2n) is 4.93. The average Bonchev–Trinajstić information content (AvgIpc) is 2.45. The summed E-state index contributed by atoms with van der Waals surface area (Å²) in [6, 6.07) is 4.20. The molecule has 1 aliphatic heterocycles. The molecule has 1 amide bonds. The van der Waals surface area contributed by atoms with Gasteiger partial charge in [0.15, 0.2) is 0 Å². The summed E-state index contributed by atoms with van der Waals surface area (Å²) in [5.74, 6) is -1.06. The van der Waals surface area contributed by atoms with Crippen LogP contribution in [-0.4, -0.2) is 41.9 Å². The number of carbonyl (C=O) groups is 1. The molecule has 6 heteroatoms. The molecule has 108 valence electrons. The summed E-state index contributed by atoms with van der Waals surface area (Å²) in [5, 5.41) is 15.2. The number of benzene rings is 1. The molecule has 1 saturated heterocycles. The molecule has 3 N–H and O–H groups in total. The van der Waals surface area contributed by atoms with E-state index in [1.165, 1.54) is 12.1 Å². The van der Waals surface area contributed by atoms with Crippen molar-refractivity contribution in [2.75, 3.05) is 19.7 Å². The zero-order valence-electron chi connectivity index (χ0n) is 11.1. The predicted octanol–water partition coefficient (Wildman–Crippen LogP) is 0.963. The van der Waals surface area contributed by atoms with Crippen LogP contribution < -0.4 is 5.73 Å². The Morgan fingerprint density at radius 3 is 2.75 bits per heavy atom. The lowest BCUT2D eigenvalue weighted by Crippen LogP contribution is -2.31. The highest BCUT2D eigenvalue weighted by molar-refractivity contribution is 5.94. The molecule has 1 aromatic carbocycles. The number of aliphatic hydroxyl groups excluding tert-OH is 1. The van der Waals surface area contributed by atoms with E-state index in [0.717, 1.165) is 25.9 Å². The van der Waals surface area contributed by atoms with E-state index < -0.39 is 11.7 Å². The predicted molar refractivity (Wildman–Crippen MR) is 73.9 cm³/mol. The van der Waals surface area contributed by atoms with Crippen molar-refractivity contribution in [3.63, 3.8) is 0 Å². The van der Waals surface area contributed by atoms with Gasteiger partial charge in [-0.15, -0.1) is 0 Å². The molecule has 20 heavy (non-hydrogen) atoms. The van der Waals surface area contributed by atoms with Crippen LogP contribution in [0.25, 0.3) is 0 Å². The van der Waals surface area contributed by atoms with Crippen LogP contribution in [0.3, 0.4) is 0 Å². The van der Waals surface area contributed by atoms with Gasteiger partial charge in [-0.3, -0.25) is 9.80 Å². The van der Waals surface area contributed by atoms with E-state index in [1.807, 2.05) is 5.01 Å². The lowest BCUT2D eigenvalue weighted by Gasteiger charge is -2.28. The number of hydrazone groups is 1. The minimum atomic E-state index is -0.780. The van der Waals surface area contributed by atoms with Crippen LogP contribution in [0.5, 0.6) is 0 Å². The van der Waals surface area contributed by atoms with Crippen LogP contribution in [0.15, 0.2) is 23.3 Å². The third-order valence-corrected chi connectivity index (χ3v) is 3.48. The standard InChI is InChI=1S/C14H18FN3O2/c15-13-7-11(1-2-12(13)14(16)20)8-17-18-5-3-10(9-19)4-6-18/h1-2,7-8,10,19H,3-6,9H2,(H2,16,20). The van der Waals surface area contributed by atoms with E-state index in [2.05, 4.69) is 5.10 Å². The van der Waals surface area contributed by atoms with E-state index in [4.69, 9.17) is 10.8 Å². The molecule has 5 nitrogen and oxygen atoms in total. The second-order valence-corrected chi connectivity index (χ2v) is 4.93. The lowest BCUT2D eigenvalue weighted by atomic mass is 9.99. The number of nitrogens with zero attached hydrogens (tertiary/aromatic N) is 2. The number of primary amides is 1. The smallest absolute Gasteiger partial charge is 0.251 e. The Kier molecular flexibility index (Phi) is 4.68. The Hall–Kier alpha value is -1.95. The number of carbonyl (C=O) groups excluding carboxylic acids is 1. The normalized spacial score (nSPS) is 16.8. The van der Waals surface area contributed by atoms with Gasteiger partial charge in [0, 0.05) is 19.7 Å². The molecule has 0 bridgehead atoms. The van der Waals surface area contributed by atoms with Crippen molar-refractivity contribution in [2.45, 2.75) is 12.8 Å². The van der Waals surface area contributed by atoms with E-state index in [0.29, 0.717) is 11.5 Å². The van der Waals surface area contributed by atoms with Crippen molar-refractivity contribution in [1.82, 2.24) is 5.01 Å². The topological polar surface area (TPSA) is 78.9 Å². The fraction of sp³-hybridized carbons (Fsp3) is 0.429. The first-order chi connectivity index (χ1) is 9.60. The van der Waals surface area contributed by atoms with E-state index in [9.17, 15) is 9.18 Å². The van der Waals surface area contributed by atoms with Gasteiger partial charge >= 0.3 is 0 Å². The Morgan fingerprint density at radius 2 is 2.20 bits per heavy atom. The summed E-state index contributed by atoms with van der Waals surface area (Å²) < 4.78 is 13.6. The first-order valence-electron chi connectivity index (χ1n) is 6.59. The molecule has 1 heterocycles. The number of nitrogens with two attached hydrogens (primary N) is 1. The zero-order chi connectivity index (χ0) is 14.5. The van der Waals surface area contributed by atoms with E-state index in [-0.39, 0.29) is 12.2 Å². The molecule has 2 rings (SSSR count). The van der Waals surface area contributed by atoms with Crippen molar-refractivity contribution in [3.05, 3.63) is 35.1 Å². The minimum absolute atomic E-state index is 0.120. The van der Waals surface area contributed by atoms with Crippen molar-refractivity contribution >= 4 is 12.1 Å². The first-order valence-corrected chi connectivity index (χ1v) is 6.59. The summed E-state index contributed by atoms with van der Waals surface area (Å²) in [4.78, 5) is 10.9. The lowest BCUT2D eigenvalue weighted by molar-refractivity contribution is 0.0996. The third kappa shape index (κ3) is 3.54. The number of piperidine rings is 1. The molecule has 0 spiro atoms. The summed E-state index contributed by atoms with van der Waals surface area (Å²) in [7, 11) is 0. The van der Waals surface area contributed by atoms with Gasteiger partial charge in [-0.25, -0.2) is 4.39 Å². The van der Waals surface area contributed by atoms with Gasteiger partial charge in [0.2, 0.25) is 0 Å². The molecule has 0 atom stereocenters. The monoisotopic (exact) mass is 279 g/mol. The van der Waals surface area contributed by atoms with Crippen LogP contribution in [0.2, 0.25) is 0 Å². The van der Waals surface area contributed by atoms with Gasteiger partial charge in [-0.1, -0.05) is 6.07 Å². The number of rotatable bonds is 4. The van der Waals surface area contributed by atoms with Crippen molar-refractivity contribution < 1.29 is 14.3 Å². The molecule has 0 aromatic heterocycles. The van der Waals surface area contributed by atoms with Gasteiger partial charge in [0.1, 0.15) is 5.82 Å². The fourth-order valence-corrected chi connectivity index (χ4v) is 2.18. The molecular weight excluding hydrogens is 261 g/mol. The quantitative estimate of drug-likeness (QED) is 0.806. The van der Waals surface area contributed by atoms with Gasteiger partial charge in [0.25, 0.3) is 5.91 Å². The molecule has 1 fully saturated rings. The van der Waals surface area contributed by atoms with E-state index in [1.54, 1.807) is 12.3 Å².